The van der Waals surface area contributed by atoms with E-state index >= 15 is 0 Å². The molecule has 3 N–H and O–H groups in total. The van der Waals surface area contributed by atoms with Crippen molar-refractivity contribution >= 4 is 24.0 Å². The van der Waals surface area contributed by atoms with Gasteiger partial charge in [0.2, 0.25) is 0 Å². The number of aliphatic hydroxyl groups is 1. The highest BCUT2D eigenvalue weighted by Gasteiger charge is 2.27. The second-order valence-electron chi connectivity index (χ2n) is 5.98. The number of imide groups is 1. The Morgan fingerprint density at radius 1 is 1.18 bits per heavy atom. The van der Waals surface area contributed by atoms with Crippen molar-refractivity contribution in [3.8, 4) is 5.75 Å². The van der Waals surface area contributed by atoms with E-state index in [2.05, 4.69) is 15.4 Å². The number of methoxy groups -OCH3 is 1. The van der Waals surface area contributed by atoms with Crippen LogP contribution in [0.4, 0.5) is 4.79 Å². The van der Waals surface area contributed by atoms with E-state index in [1.807, 2.05) is 0 Å². The van der Waals surface area contributed by atoms with Crippen LogP contribution in [0.25, 0.3) is 6.08 Å². The Hall–Kier alpha value is -3.65. The predicted octanol–water partition coefficient (Wildman–Crippen LogP) is 1.59. The summed E-state index contributed by atoms with van der Waals surface area (Å²) >= 11 is 0. The van der Waals surface area contributed by atoms with Gasteiger partial charge in [-0.25, -0.2) is 9.59 Å². The minimum absolute atomic E-state index is 0.0233. The van der Waals surface area contributed by atoms with Crippen LogP contribution in [0.15, 0.2) is 54.1 Å². The summed E-state index contributed by atoms with van der Waals surface area (Å²) in [7, 11) is 1.32. The van der Waals surface area contributed by atoms with Crippen LogP contribution in [-0.2, 0) is 16.1 Å². The lowest BCUT2D eigenvalue weighted by Gasteiger charge is -2.21. The molecule has 1 fully saturated rings. The van der Waals surface area contributed by atoms with Crippen molar-refractivity contribution in [3.05, 3.63) is 70.8 Å². The number of rotatable bonds is 5. The van der Waals surface area contributed by atoms with E-state index in [4.69, 9.17) is 4.74 Å². The Morgan fingerprint density at radius 3 is 2.61 bits per heavy atom. The average molecular weight is 382 g/mol. The number of hydrogen-bond acceptors (Lipinski definition) is 6. The Morgan fingerprint density at radius 2 is 1.93 bits per heavy atom. The van der Waals surface area contributed by atoms with Gasteiger partial charge in [-0.2, -0.15) is 0 Å². The molecule has 8 heteroatoms. The maximum atomic E-state index is 11.8. The zero-order valence-corrected chi connectivity index (χ0v) is 15.0. The van der Waals surface area contributed by atoms with Crippen LogP contribution in [-0.4, -0.2) is 36.4 Å². The topological polar surface area (TPSA) is 114 Å². The van der Waals surface area contributed by atoms with E-state index < -0.39 is 24.1 Å². The van der Waals surface area contributed by atoms with Gasteiger partial charge >= 0.3 is 12.0 Å². The highest BCUT2D eigenvalue weighted by atomic mass is 16.5. The molecule has 28 heavy (non-hydrogen) atoms. The lowest BCUT2D eigenvalue weighted by atomic mass is 10.1. The summed E-state index contributed by atoms with van der Waals surface area (Å²) in [4.78, 5) is 34.4. The summed E-state index contributed by atoms with van der Waals surface area (Å²) in [5, 5.41) is 14.1. The van der Waals surface area contributed by atoms with Crippen LogP contribution in [0.1, 0.15) is 21.5 Å². The number of esters is 1. The van der Waals surface area contributed by atoms with E-state index in [-0.39, 0.29) is 12.2 Å². The summed E-state index contributed by atoms with van der Waals surface area (Å²) in [6, 6.07) is 13.0. The van der Waals surface area contributed by atoms with E-state index in [0.29, 0.717) is 16.9 Å². The van der Waals surface area contributed by atoms with Gasteiger partial charge in [-0.05, 0) is 41.5 Å². The van der Waals surface area contributed by atoms with Gasteiger partial charge < -0.3 is 19.9 Å². The molecular formula is C20H18N2O6. The summed E-state index contributed by atoms with van der Waals surface area (Å²) < 4.78 is 10.4. The summed E-state index contributed by atoms with van der Waals surface area (Å²) in [5.41, 5.74) is 1.96. The van der Waals surface area contributed by atoms with Crippen LogP contribution in [0.5, 0.6) is 5.75 Å². The molecule has 0 saturated carbocycles. The molecule has 1 heterocycles. The predicted molar refractivity (Wildman–Crippen MR) is 99.2 cm³/mol. The highest BCUT2D eigenvalue weighted by molar-refractivity contribution is 6.09. The molecule has 1 aliphatic rings. The first-order chi connectivity index (χ1) is 13.5. The molecule has 3 rings (SSSR count). The summed E-state index contributed by atoms with van der Waals surface area (Å²) in [6.45, 7) is 0.278. The lowest BCUT2D eigenvalue weighted by Crippen LogP contribution is -2.53. The molecule has 0 aromatic heterocycles. The quantitative estimate of drug-likeness (QED) is 0.535. The molecular weight excluding hydrogens is 364 g/mol. The second-order valence-corrected chi connectivity index (χ2v) is 5.98. The minimum Gasteiger partial charge on any atom is -0.489 e. The van der Waals surface area contributed by atoms with Crippen molar-refractivity contribution in [1.82, 2.24) is 10.6 Å². The molecule has 1 atom stereocenters. The first kappa shape index (κ1) is 19.1. The molecule has 1 unspecified atom stereocenters. The normalized spacial score (nSPS) is 17.6. The van der Waals surface area contributed by atoms with E-state index in [1.165, 1.54) is 13.2 Å². The maximum Gasteiger partial charge on any atom is 0.337 e. The first-order valence-electron chi connectivity index (χ1n) is 8.38. The average Bonchev–Trinajstić information content (AvgIpc) is 2.69. The number of ether oxygens (including phenoxy) is 2. The van der Waals surface area contributed by atoms with Crippen molar-refractivity contribution in [3.63, 3.8) is 0 Å². The molecule has 0 radical (unpaired) electrons. The number of amides is 3. The zero-order valence-electron chi connectivity index (χ0n) is 15.0. The fourth-order valence-corrected chi connectivity index (χ4v) is 2.58. The van der Waals surface area contributed by atoms with Gasteiger partial charge in [-0.15, -0.1) is 0 Å². The Bertz CT molecular complexity index is 936. The molecule has 1 saturated heterocycles. The van der Waals surface area contributed by atoms with Crippen LogP contribution < -0.4 is 15.4 Å². The van der Waals surface area contributed by atoms with E-state index in [0.717, 1.165) is 5.56 Å². The number of carbonyl (C=O) groups excluding carboxylic acids is 3. The van der Waals surface area contributed by atoms with E-state index in [9.17, 15) is 19.5 Å². The largest absolute Gasteiger partial charge is 0.489 e. The number of nitrogens with one attached hydrogen (secondary N) is 2. The third-order valence-corrected chi connectivity index (χ3v) is 4.01. The third kappa shape index (κ3) is 4.54. The van der Waals surface area contributed by atoms with Gasteiger partial charge in [0.05, 0.1) is 18.2 Å². The Balaban J connectivity index is 1.68. The molecule has 0 spiro atoms. The molecule has 1 aliphatic heterocycles. The smallest absolute Gasteiger partial charge is 0.337 e. The number of urea groups is 1. The van der Waals surface area contributed by atoms with Crippen molar-refractivity contribution in [1.29, 1.82) is 0 Å². The van der Waals surface area contributed by atoms with Crippen molar-refractivity contribution in [2.24, 2.45) is 0 Å². The first-order valence-corrected chi connectivity index (χ1v) is 8.38. The van der Waals surface area contributed by atoms with Crippen LogP contribution in [0, 0.1) is 0 Å². The van der Waals surface area contributed by atoms with Gasteiger partial charge in [-0.1, -0.05) is 24.3 Å². The summed E-state index contributed by atoms with van der Waals surface area (Å²) in [5.74, 6) is -0.507. The molecule has 0 bridgehead atoms. The maximum absolute atomic E-state index is 11.8. The van der Waals surface area contributed by atoms with Crippen LogP contribution in [0.3, 0.4) is 0 Å². The third-order valence-electron chi connectivity index (χ3n) is 4.01. The fraction of sp³-hybridized carbons (Fsp3) is 0.150. The monoisotopic (exact) mass is 382 g/mol. The van der Waals surface area contributed by atoms with Gasteiger partial charge in [0.1, 0.15) is 12.4 Å². The Labute approximate surface area is 160 Å². The van der Waals surface area contributed by atoms with Gasteiger partial charge in [0, 0.05) is 0 Å². The van der Waals surface area contributed by atoms with E-state index in [1.54, 1.807) is 48.5 Å². The molecule has 2 aromatic carbocycles. The minimum atomic E-state index is -1.38. The molecule has 3 amide bonds. The highest BCUT2D eigenvalue weighted by Crippen LogP contribution is 2.19. The van der Waals surface area contributed by atoms with Crippen molar-refractivity contribution in [2.45, 2.75) is 12.8 Å². The molecule has 8 nitrogen and oxygen atoms in total. The zero-order chi connectivity index (χ0) is 20.1. The molecule has 0 aliphatic carbocycles. The molecule has 144 valence electrons. The SMILES string of the molecule is COC(=O)c1ccc(COc2cccc(/C=C3/C(=O)NC(=O)NC3O)c2)cc1. The lowest BCUT2D eigenvalue weighted by molar-refractivity contribution is -0.118. The van der Waals surface area contributed by atoms with Gasteiger partial charge in [-0.3, -0.25) is 10.1 Å². The fourth-order valence-electron chi connectivity index (χ4n) is 2.58. The standard InChI is InChI=1S/C20H18N2O6/c1-27-19(25)14-7-5-12(6-8-14)11-28-15-4-2-3-13(9-15)10-16-17(23)21-20(26)22-18(16)24/h2-10,17,23H,11H2,1H3,(H2,21,22,24,26)/b16-10+. The second kappa shape index (κ2) is 8.36. The van der Waals surface area contributed by atoms with Crippen molar-refractivity contribution in [2.75, 3.05) is 7.11 Å². The number of hydrogen-bond donors (Lipinski definition) is 3. The number of benzene rings is 2. The van der Waals surface area contributed by atoms with Gasteiger partial charge in [0.15, 0.2) is 6.23 Å². The van der Waals surface area contributed by atoms with Gasteiger partial charge in [0.25, 0.3) is 5.91 Å². The number of carbonyl (C=O) groups is 3. The Kier molecular flexibility index (Phi) is 5.71. The molecule has 2 aromatic rings. The van der Waals surface area contributed by atoms with Crippen LogP contribution >= 0.6 is 0 Å². The number of aliphatic hydroxyl groups excluding tert-OH is 1. The van der Waals surface area contributed by atoms with Crippen LogP contribution in [0.2, 0.25) is 0 Å². The van der Waals surface area contributed by atoms with Crippen molar-refractivity contribution < 1.29 is 29.0 Å². The summed E-state index contributed by atoms with van der Waals surface area (Å²) in [6.07, 6.45) is 0.0939.